The third-order valence-electron chi connectivity index (χ3n) is 0.542. The molecule has 0 saturated heterocycles. The Balaban J connectivity index is 3.89. The second-order valence-electron chi connectivity index (χ2n) is 2.80. The Labute approximate surface area is 73.0 Å². The Bertz CT molecular complexity index is 95.6. The van der Waals surface area contributed by atoms with Crippen LogP contribution < -0.4 is 0 Å². The number of rotatable bonds is 0. The van der Waals surface area contributed by atoms with E-state index in [1.165, 1.54) is 2.49 Å². The maximum Gasteiger partial charge on any atom is 0.0524 e. The summed E-state index contributed by atoms with van der Waals surface area (Å²) in [4.78, 5) is 0. The highest BCUT2D eigenvalue weighted by molar-refractivity contribution is 14.1. The van der Waals surface area contributed by atoms with Crippen molar-refractivity contribution in [3.8, 4) is 0 Å². The van der Waals surface area contributed by atoms with E-state index >= 15 is 0 Å². The van der Waals surface area contributed by atoms with Gasteiger partial charge in [0.25, 0.3) is 0 Å². The van der Waals surface area contributed by atoms with E-state index in [0.29, 0.717) is 5.41 Å². The van der Waals surface area contributed by atoms with Crippen LogP contribution in [0.2, 0.25) is 0 Å². The zero-order chi connectivity index (χ0) is 6.78. The molecule has 0 aliphatic heterocycles. The maximum absolute atomic E-state index is 3.36. The molecule has 0 saturated carbocycles. The van der Waals surface area contributed by atoms with Gasteiger partial charge in [0.2, 0.25) is 0 Å². The van der Waals surface area contributed by atoms with Crippen molar-refractivity contribution in [2.45, 2.75) is 20.8 Å². The van der Waals surface area contributed by atoms with Gasteiger partial charge in [0.15, 0.2) is 0 Å². The Kier molecular flexibility index (Phi) is 3.58. The van der Waals surface area contributed by atoms with Crippen LogP contribution in [-0.4, -0.2) is 0 Å². The molecule has 0 N–H and O–H groups in total. The van der Waals surface area contributed by atoms with E-state index in [4.69, 9.17) is 0 Å². The molecule has 0 radical (unpaired) electrons. The van der Waals surface area contributed by atoms with Crippen LogP contribution in [0.5, 0.6) is 0 Å². The topological polar surface area (TPSA) is 0 Å². The lowest BCUT2D eigenvalue weighted by Gasteiger charge is -2.10. The van der Waals surface area contributed by atoms with Crippen molar-refractivity contribution in [2.75, 3.05) is 0 Å². The van der Waals surface area contributed by atoms with E-state index in [9.17, 15) is 0 Å². The fourth-order valence-corrected chi connectivity index (χ4v) is 1.95. The lowest BCUT2D eigenvalue weighted by molar-refractivity contribution is 0.545. The summed E-state index contributed by atoms with van der Waals surface area (Å²) in [5, 5.41) is 0. The molecule has 0 atom stereocenters. The second-order valence-corrected chi connectivity index (χ2v) is 6.30. The Hall–Kier alpha value is 0.950. The van der Waals surface area contributed by atoms with Crippen molar-refractivity contribution in [2.24, 2.45) is 5.41 Å². The van der Waals surface area contributed by atoms with Crippen molar-refractivity contribution in [1.82, 2.24) is 0 Å². The minimum Gasteiger partial charge on any atom is -0.0587 e. The van der Waals surface area contributed by atoms with Crippen molar-refractivity contribution in [3.05, 3.63) is 8.57 Å². The van der Waals surface area contributed by atoms with Gasteiger partial charge in [-0.3, -0.25) is 0 Å². The molecule has 2 heteroatoms. The summed E-state index contributed by atoms with van der Waals surface area (Å²) in [6, 6.07) is 0. The highest BCUT2D eigenvalue weighted by Crippen LogP contribution is 2.24. The van der Waals surface area contributed by atoms with Gasteiger partial charge >= 0.3 is 0 Å². The monoisotopic (exact) mass is 288 g/mol. The SMILES string of the molecule is CC(C)(C)/C=C(/Br)I. The molecule has 0 spiro atoms. The van der Waals surface area contributed by atoms with Gasteiger partial charge in [-0.15, -0.1) is 0 Å². The largest absolute Gasteiger partial charge is 0.0587 e. The molecule has 0 aromatic carbocycles. The molecular formula is C6H10BrI. The maximum atomic E-state index is 3.36. The number of allylic oxidation sites excluding steroid dienone is 1. The lowest BCUT2D eigenvalue weighted by atomic mass is 9.98. The third kappa shape index (κ3) is 6.95. The average molecular weight is 289 g/mol. The van der Waals surface area contributed by atoms with Crippen LogP contribution in [-0.2, 0) is 0 Å². The van der Waals surface area contributed by atoms with E-state index in [0.717, 1.165) is 0 Å². The molecule has 0 aliphatic carbocycles. The predicted octanol–water partition coefficient (Wildman–Crippen LogP) is 3.70. The summed E-state index contributed by atoms with van der Waals surface area (Å²) in [6.07, 6.45) is 2.17. The molecule has 8 heavy (non-hydrogen) atoms. The van der Waals surface area contributed by atoms with Crippen molar-refractivity contribution in [3.63, 3.8) is 0 Å². The first kappa shape index (κ1) is 8.95. The van der Waals surface area contributed by atoms with Gasteiger partial charge in [-0.25, -0.2) is 0 Å². The Morgan fingerprint density at radius 1 is 1.50 bits per heavy atom. The molecule has 0 amide bonds. The molecule has 0 rings (SSSR count). The van der Waals surface area contributed by atoms with Gasteiger partial charge in [-0.2, -0.15) is 0 Å². The van der Waals surface area contributed by atoms with Crippen molar-refractivity contribution in [1.29, 1.82) is 0 Å². The molecule has 0 heterocycles. The van der Waals surface area contributed by atoms with Crippen LogP contribution in [0.15, 0.2) is 8.57 Å². The normalized spacial score (nSPS) is 14.4. The molecule has 0 aromatic heterocycles. The summed E-state index contributed by atoms with van der Waals surface area (Å²) < 4.78 is 1.18. The van der Waals surface area contributed by atoms with Gasteiger partial charge in [0.05, 0.1) is 2.49 Å². The Morgan fingerprint density at radius 3 is 1.88 bits per heavy atom. The highest BCUT2D eigenvalue weighted by atomic mass is 127. The van der Waals surface area contributed by atoms with Gasteiger partial charge in [-0.05, 0) is 43.9 Å². The molecule has 0 aromatic rings. The summed E-state index contributed by atoms with van der Waals surface area (Å²) in [6.45, 7) is 6.52. The summed E-state index contributed by atoms with van der Waals surface area (Å²) >= 11 is 5.60. The van der Waals surface area contributed by atoms with Crippen LogP contribution in [0.3, 0.4) is 0 Å². The molecular weight excluding hydrogens is 279 g/mol. The minimum absolute atomic E-state index is 0.306. The second kappa shape index (κ2) is 3.20. The smallest absolute Gasteiger partial charge is 0.0524 e. The van der Waals surface area contributed by atoms with Crippen LogP contribution in [0.25, 0.3) is 0 Å². The minimum atomic E-state index is 0.306. The van der Waals surface area contributed by atoms with Crippen molar-refractivity contribution < 1.29 is 0 Å². The molecule has 48 valence electrons. The quantitative estimate of drug-likeness (QED) is 0.596. The molecule has 0 unspecified atom stereocenters. The van der Waals surface area contributed by atoms with Gasteiger partial charge in [-0.1, -0.05) is 26.8 Å². The fraction of sp³-hybridized carbons (Fsp3) is 0.667. The standard InChI is InChI=1S/C6H10BrI/c1-6(2,3)4-5(7)8/h4H,1-3H3/b5-4-. The highest BCUT2D eigenvalue weighted by Gasteiger charge is 2.04. The number of halogens is 2. The van der Waals surface area contributed by atoms with Crippen LogP contribution in [0, 0.1) is 5.41 Å². The zero-order valence-electron chi connectivity index (χ0n) is 5.33. The van der Waals surface area contributed by atoms with Gasteiger partial charge in [0, 0.05) is 0 Å². The van der Waals surface area contributed by atoms with E-state index in [2.05, 4.69) is 65.4 Å². The average Bonchev–Trinajstić information content (AvgIpc) is 1.21. The number of hydrogen-bond donors (Lipinski definition) is 0. The van der Waals surface area contributed by atoms with Crippen LogP contribution in [0.1, 0.15) is 20.8 Å². The zero-order valence-corrected chi connectivity index (χ0v) is 9.08. The summed E-state index contributed by atoms with van der Waals surface area (Å²) in [5.41, 5.74) is 0.306. The van der Waals surface area contributed by atoms with E-state index in [1.54, 1.807) is 0 Å². The Morgan fingerprint density at radius 2 is 1.88 bits per heavy atom. The molecule has 0 nitrogen and oxygen atoms in total. The predicted molar refractivity (Wildman–Crippen MR) is 50.5 cm³/mol. The number of hydrogen-bond acceptors (Lipinski definition) is 0. The van der Waals surface area contributed by atoms with Crippen LogP contribution >= 0.6 is 38.5 Å². The summed E-state index contributed by atoms with van der Waals surface area (Å²) in [7, 11) is 0. The third-order valence-corrected chi connectivity index (χ3v) is 1.08. The first-order valence-corrected chi connectivity index (χ1v) is 4.33. The molecule has 0 bridgehead atoms. The molecule has 0 aliphatic rings. The lowest BCUT2D eigenvalue weighted by Crippen LogP contribution is -1.97. The van der Waals surface area contributed by atoms with Crippen LogP contribution in [0.4, 0.5) is 0 Å². The van der Waals surface area contributed by atoms with E-state index in [1.807, 2.05) is 0 Å². The first-order valence-electron chi connectivity index (χ1n) is 2.46. The van der Waals surface area contributed by atoms with Crippen molar-refractivity contribution >= 4 is 38.5 Å². The molecule has 0 fully saturated rings. The van der Waals surface area contributed by atoms with E-state index in [-0.39, 0.29) is 0 Å². The summed E-state index contributed by atoms with van der Waals surface area (Å²) in [5.74, 6) is 0. The van der Waals surface area contributed by atoms with Gasteiger partial charge in [0.1, 0.15) is 0 Å². The van der Waals surface area contributed by atoms with Gasteiger partial charge < -0.3 is 0 Å². The first-order chi connectivity index (χ1) is 3.42. The van der Waals surface area contributed by atoms with E-state index < -0.39 is 0 Å². The fourth-order valence-electron chi connectivity index (χ4n) is 0.327.